The van der Waals surface area contributed by atoms with E-state index in [4.69, 9.17) is 14.2 Å². The third-order valence-corrected chi connectivity index (χ3v) is 18.1. The Morgan fingerprint density at radius 1 is 0.729 bits per heavy atom. The van der Waals surface area contributed by atoms with Gasteiger partial charge in [0.2, 0.25) is 11.8 Å². The summed E-state index contributed by atoms with van der Waals surface area (Å²) in [5, 5.41) is 6.20. The molecule has 0 fully saturated rings. The normalized spacial score (nSPS) is 17.2. The topological polar surface area (TPSA) is 127 Å². The van der Waals surface area contributed by atoms with Crippen LogP contribution in [0.15, 0.2) is 91.0 Å². The molecule has 2 N–H and O–H groups in total. The van der Waals surface area contributed by atoms with Crippen molar-refractivity contribution in [3.05, 3.63) is 141 Å². The Hall–Kier alpha value is -5.92. The number of nitrogens with one attached hydrogen (secondary N) is 2. The second kappa shape index (κ2) is 21.2. The molecule has 1 unspecified atom stereocenters. The van der Waals surface area contributed by atoms with Gasteiger partial charge < -0.3 is 34.6 Å². The molecule has 3 atom stereocenters. The maximum Gasteiger partial charge on any atom is 0.258 e. The second-order valence-electron chi connectivity index (χ2n) is 19.8. The van der Waals surface area contributed by atoms with Crippen LogP contribution >= 0.6 is 21.6 Å². The van der Waals surface area contributed by atoms with E-state index in [2.05, 4.69) is 49.6 Å². The van der Waals surface area contributed by atoms with Gasteiger partial charge in [0.05, 0.1) is 7.11 Å². The zero-order valence-electron chi connectivity index (χ0n) is 41.2. The SMILES string of the molecule is CNC(=O)CCC(C)SSC(C)(C)CCCC(=O)Nc1cc(COc2cc3c(cc2C)C(=O)N2c4ccccc4C[C@H]2CC3)cc(COc2cc3c(cc2OC)C(=O)N2c4ccccc4C[C@H]2CC3)c1. The van der Waals surface area contributed by atoms with Crippen LogP contribution in [0.1, 0.15) is 125 Å². The molecule has 5 aromatic carbocycles. The Labute approximate surface area is 420 Å². The van der Waals surface area contributed by atoms with E-state index in [0.717, 1.165) is 96.1 Å². The molecule has 0 spiro atoms. The number of carbonyl (C=O) groups is 4. The molecule has 5 aromatic rings. The highest BCUT2D eigenvalue weighted by Gasteiger charge is 2.39. The highest BCUT2D eigenvalue weighted by molar-refractivity contribution is 8.77. The van der Waals surface area contributed by atoms with E-state index in [0.29, 0.717) is 53.0 Å². The third-order valence-electron chi connectivity index (χ3n) is 14.1. The molecule has 4 amide bonds. The zero-order chi connectivity index (χ0) is 49.1. The van der Waals surface area contributed by atoms with E-state index in [1.807, 2.05) is 100 Å². The summed E-state index contributed by atoms with van der Waals surface area (Å²) < 4.78 is 18.9. The van der Waals surface area contributed by atoms with Crippen LogP contribution in [0.3, 0.4) is 0 Å². The van der Waals surface area contributed by atoms with Gasteiger partial charge in [-0.3, -0.25) is 19.2 Å². The third kappa shape index (κ3) is 10.9. The van der Waals surface area contributed by atoms with Crippen LogP contribution in [0, 0.1) is 6.92 Å². The fraction of sp³-hybridized carbons (Fsp3) is 0.404. The molecule has 70 heavy (non-hydrogen) atoms. The van der Waals surface area contributed by atoms with Gasteiger partial charge in [-0.2, -0.15) is 0 Å². The number of amides is 4. The summed E-state index contributed by atoms with van der Waals surface area (Å²) in [5.41, 5.74) is 10.9. The predicted octanol–water partition coefficient (Wildman–Crippen LogP) is 11.4. The summed E-state index contributed by atoms with van der Waals surface area (Å²) in [5.74, 6) is 1.74. The molecule has 0 saturated carbocycles. The lowest BCUT2D eigenvalue weighted by Gasteiger charge is -2.24. The fourth-order valence-corrected chi connectivity index (χ4v) is 13.1. The number of ether oxygens (including phenoxy) is 3. The first kappa shape index (κ1) is 49.1. The minimum atomic E-state index is -0.0769. The number of para-hydroxylation sites is 2. The molecule has 0 radical (unpaired) electrons. The summed E-state index contributed by atoms with van der Waals surface area (Å²) in [6.07, 6.45) is 8.17. The standard InChI is InChI=1S/C57H64N4O7S2/c1-35-24-46-39(18-20-44-28-41-12-7-9-14-48(41)60(44)55(46)64)30-50(35)67-33-37-25-38(27-43(26-37)59-54(63)16-11-23-57(3,4)70-69-36(2)17-22-53(62)58-5)34-68-52-31-40-19-21-45-29-42-13-8-10-15-49(42)61(45)56(65)47(40)32-51(52)66-6/h7-10,12-15,24-27,30-32,36,44-45H,11,16-23,28-29,33-34H2,1-6H3,(H,58,62)(H,59,63)/t36?,44-,45-/m1/s1. The van der Waals surface area contributed by atoms with Crippen molar-refractivity contribution in [2.24, 2.45) is 0 Å². The zero-order valence-corrected chi connectivity index (χ0v) is 42.8. The monoisotopic (exact) mass is 980 g/mol. The molecule has 0 bridgehead atoms. The first-order chi connectivity index (χ1) is 33.8. The minimum absolute atomic E-state index is 0.0203. The number of nitrogens with zero attached hydrogens (tertiary/aromatic N) is 2. The molecule has 4 aliphatic heterocycles. The van der Waals surface area contributed by atoms with E-state index in [1.54, 1.807) is 25.0 Å². The molecule has 13 heteroatoms. The van der Waals surface area contributed by atoms with Gasteiger partial charge in [-0.1, -0.05) is 64.9 Å². The summed E-state index contributed by atoms with van der Waals surface area (Å²) in [6.45, 7) is 8.93. The van der Waals surface area contributed by atoms with Gasteiger partial charge in [0, 0.05) is 70.2 Å². The van der Waals surface area contributed by atoms with Gasteiger partial charge >= 0.3 is 0 Å². The maximum absolute atomic E-state index is 14.1. The van der Waals surface area contributed by atoms with Gasteiger partial charge in [-0.25, -0.2) is 0 Å². The van der Waals surface area contributed by atoms with Crippen LogP contribution < -0.4 is 34.6 Å². The molecule has 11 nitrogen and oxygen atoms in total. The lowest BCUT2D eigenvalue weighted by Crippen LogP contribution is -2.36. The Kier molecular flexibility index (Phi) is 14.9. The van der Waals surface area contributed by atoms with E-state index in [1.165, 1.54) is 11.1 Å². The summed E-state index contributed by atoms with van der Waals surface area (Å²) in [6, 6.07) is 30.3. The van der Waals surface area contributed by atoms with Gasteiger partial charge in [-0.15, -0.1) is 0 Å². The molecular formula is C57H64N4O7S2. The molecule has 4 heterocycles. The number of fused-ring (bicyclic) bond motifs is 8. The summed E-state index contributed by atoms with van der Waals surface area (Å²) >= 11 is 0. The van der Waals surface area contributed by atoms with Crippen molar-refractivity contribution in [3.8, 4) is 17.2 Å². The van der Waals surface area contributed by atoms with Crippen molar-refractivity contribution in [1.82, 2.24) is 5.32 Å². The largest absolute Gasteiger partial charge is 0.493 e. The number of aryl methyl sites for hydroxylation is 3. The Bertz CT molecular complexity index is 2810. The average Bonchev–Trinajstić information content (AvgIpc) is 3.85. The highest BCUT2D eigenvalue weighted by Crippen LogP contribution is 2.44. The van der Waals surface area contributed by atoms with Crippen LogP contribution in [-0.2, 0) is 48.5 Å². The Morgan fingerprint density at radius 2 is 1.30 bits per heavy atom. The quantitative estimate of drug-likeness (QED) is 0.0825. The number of benzene rings is 5. The molecule has 0 aromatic heterocycles. The molecule has 0 aliphatic carbocycles. The molecule has 4 aliphatic rings. The number of rotatable bonds is 18. The van der Waals surface area contributed by atoms with Crippen LogP contribution in [-0.4, -0.2) is 59.9 Å². The van der Waals surface area contributed by atoms with Gasteiger partial charge in [0.25, 0.3) is 11.8 Å². The lowest BCUT2D eigenvalue weighted by atomic mass is 9.98. The van der Waals surface area contributed by atoms with E-state index < -0.39 is 0 Å². The minimum Gasteiger partial charge on any atom is -0.493 e. The number of methoxy groups -OCH3 is 1. The first-order valence-electron chi connectivity index (χ1n) is 24.7. The highest BCUT2D eigenvalue weighted by atomic mass is 33.1. The van der Waals surface area contributed by atoms with E-state index >= 15 is 0 Å². The van der Waals surface area contributed by atoms with E-state index in [-0.39, 0.29) is 53.7 Å². The molecule has 9 rings (SSSR count). The van der Waals surface area contributed by atoms with Crippen molar-refractivity contribution in [2.45, 2.75) is 134 Å². The van der Waals surface area contributed by atoms with Gasteiger partial charge in [0.1, 0.15) is 19.0 Å². The molecule has 0 saturated heterocycles. The number of hydrogen-bond donors (Lipinski definition) is 2. The number of carbonyl (C=O) groups excluding carboxylic acids is 4. The predicted molar refractivity (Wildman–Crippen MR) is 282 cm³/mol. The van der Waals surface area contributed by atoms with Crippen LogP contribution in [0.4, 0.5) is 17.1 Å². The van der Waals surface area contributed by atoms with Crippen molar-refractivity contribution < 1.29 is 33.4 Å². The lowest BCUT2D eigenvalue weighted by molar-refractivity contribution is -0.120. The maximum atomic E-state index is 14.1. The summed E-state index contributed by atoms with van der Waals surface area (Å²) in [4.78, 5) is 57.5. The molecule has 366 valence electrons. The van der Waals surface area contributed by atoms with Crippen molar-refractivity contribution in [3.63, 3.8) is 0 Å². The van der Waals surface area contributed by atoms with Crippen LogP contribution in [0.25, 0.3) is 0 Å². The van der Waals surface area contributed by atoms with Crippen molar-refractivity contribution >= 4 is 62.3 Å². The summed E-state index contributed by atoms with van der Waals surface area (Å²) in [7, 11) is 6.87. The number of hydrogen-bond acceptors (Lipinski definition) is 9. The van der Waals surface area contributed by atoms with Crippen LogP contribution in [0.2, 0.25) is 0 Å². The average molecular weight is 981 g/mol. The van der Waals surface area contributed by atoms with Crippen LogP contribution in [0.5, 0.6) is 17.2 Å². The molecular weight excluding hydrogens is 917 g/mol. The van der Waals surface area contributed by atoms with E-state index in [9.17, 15) is 19.2 Å². The van der Waals surface area contributed by atoms with Gasteiger partial charge in [0.15, 0.2) is 11.5 Å². The second-order valence-corrected chi connectivity index (χ2v) is 23.2. The first-order valence-corrected chi connectivity index (χ1v) is 26.9. The fourth-order valence-electron chi connectivity index (χ4n) is 10.4. The Morgan fingerprint density at radius 3 is 1.90 bits per heavy atom. The van der Waals surface area contributed by atoms with Gasteiger partial charge in [-0.05, 0) is 172 Å². The smallest absolute Gasteiger partial charge is 0.258 e. The Balaban J connectivity index is 0.909. The number of anilines is 3. The van der Waals surface area contributed by atoms with Crippen molar-refractivity contribution in [1.29, 1.82) is 0 Å². The van der Waals surface area contributed by atoms with Crippen molar-refractivity contribution in [2.75, 3.05) is 29.3 Å².